The summed E-state index contributed by atoms with van der Waals surface area (Å²) < 4.78 is 1.55. The van der Waals surface area contributed by atoms with Crippen LogP contribution in [0.25, 0.3) is 4.96 Å². The first-order valence-corrected chi connectivity index (χ1v) is 6.98. The van der Waals surface area contributed by atoms with E-state index in [0.717, 1.165) is 0 Å². The van der Waals surface area contributed by atoms with Crippen LogP contribution in [-0.4, -0.2) is 27.4 Å². The predicted octanol–water partition coefficient (Wildman–Crippen LogP) is 2.48. The summed E-state index contributed by atoms with van der Waals surface area (Å²) in [4.78, 5) is 16.0. The van der Waals surface area contributed by atoms with Crippen molar-refractivity contribution in [3.63, 3.8) is 0 Å². The number of fused-ring (bicyclic) bond motifs is 1. The van der Waals surface area contributed by atoms with Crippen LogP contribution in [0.3, 0.4) is 0 Å². The second-order valence-electron chi connectivity index (χ2n) is 5.61. The third-order valence-corrected chi connectivity index (χ3v) is 4.03. The molecule has 0 spiro atoms. The lowest BCUT2D eigenvalue weighted by atomic mass is 9.84. The Labute approximate surface area is 115 Å². The fourth-order valence-corrected chi connectivity index (χ4v) is 2.91. The Kier molecular flexibility index (Phi) is 3.60. The SMILES string of the molecule is CNC(Cc1nc2sccn2c1[N+](=O)[O-])C(C)(C)C. The summed E-state index contributed by atoms with van der Waals surface area (Å²) in [6, 6.07) is 0.135. The molecule has 0 saturated heterocycles. The molecule has 0 amide bonds. The van der Waals surface area contributed by atoms with Crippen molar-refractivity contribution in [2.45, 2.75) is 33.2 Å². The van der Waals surface area contributed by atoms with E-state index in [0.29, 0.717) is 17.1 Å². The Morgan fingerprint density at radius 1 is 1.58 bits per heavy atom. The molecule has 0 aliphatic carbocycles. The summed E-state index contributed by atoms with van der Waals surface area (Å²) in [6.07, 6.45) is 2.24. The molecular formula is C12H18N4O2S. The predicted molar refractivity (Wildman–Crippen MR) is 75.7 cm³/mol. The van der Waals surface area contributed by atoms with Gasteiger partial charge in [-0.3, -0.25) is 0 Å². The van der Waals surface area contributed by atoms with Crippen molar-refractivity contribution < 1.29 is 4.92 Å². The molecule has 1 N–H and O–H groups in total. The number of nitro groups is 1. The molecule has 0 radical (unpaired) electrons. The number of nitrogens with one attached hydrogen (secondary N) is 1. The molecule has 6 nitrogen and oxygen atoms in total. The normalized spacial score (nSPS) is 13.9. The van der Waals surface area contributed by atoms with E-state index < -0.39 is 0 Å². The molecule has 0 bridgehead atoms. The van der Waals surface area contributed by atoms with E-state index in [9.17, 15) is 10.1 Å². The number of hydrogen-bond acceptors (Lipinski definition) is 5. The van der Waals surface area contributed by atoms with E-state index in [4.69, 9.17) is 0 Å². The maximum atomic E-state index is 11.2. The molecule has 0 aliphatic rings. The monoisotopic (exact) mass is 282 g/mol. The standard InChI is InChI=1S/C12H18N4O2S/c1-12(2,3)9(13-4)7-8-10(16(17)18)15-5-6-19-11(15)14-8/h5-6,9,13H,7H2,1-4H3. The summed E-state index contributed by atoms with van der Waals surface area (Å²) in [7, 11) is 1.88. The molecule has 1 unspecified atom stereocenters. The molecule has 2 heterocycles. The number of likely N-dealkylation sites (N-methyl/N-ethyl adjacent to an activating group) is 1. The van der Waals surface area contributed by atoms with E-state index in [1.165, 1.54) is 11.3 Å². The summed E-state index contributed by atoms with van der Waals surface area (Å²) in [5.41, 5.74) is 0.561. The highest BCUT2D eigenvalue weighted by Gasteiger charge is 2.30. The number of rotatable bonds is 4. The van der Waals surface area contributed by atoms with Crippen molar-refractivity contribution in [2.75, 3.05) is 7.05 Å². The Morgan fingerprint density at radius 2 is 2.26 bits per heavy atom. The minimum absolute atomic E-state index is 0.0136. The zero-order chi connectivity index (χ0) is 14.2. The van der Waals surface area contributed by atoms with Gasteiger partial charge in [0.25, 0.3) is 4.96 Å². The third-order valence-electron chi connectivity index (χ3n) is 3.27. The van der Waals surface area contributed by atoms with Crippen LogP contribution in [0.15, 0.2) is 11.6 Å². The highest BCUT2D eigenvalue weighted by molar-refractivity contribution is 7.15. The van der Waals surface area contributed by atoms with E-state index >= 15 is 0 Å². The van der Waals surface area contributed by atoms with Gasteiger partial charge in [0.05, 0.1) is 0 Å². The molecule has 19 heavy (non-hydrogen) atoms. The van der Waals surface area contributed by atoms with E-state index in [-0.39, 0.29) is 22.2 Å². The number of imidazole rings is 1. The summed E-state index contributed by atoms with van der Waals surface area (Å²) in [5, 5.41) is 16.3. The Hall–Kier alpha value is -1.47. The van der Waals surface area contributed by atoms with Gasteiger partial charge in [-0.1, -0.05) is 32.1 Å². The second-order valence-corrected chi connectivity index (χ2v) is 6.48. The van der Waals surface area contributed by atoms with Gasteiger partial charge in [-0.05, 0) is 17.4 Å². The Bertz CT molecular complexity index is 596. The fraction of sp³-hybridized carbons (Fsp3) is 0.583. The first kappa shape index (κ1) is 14.0. The van der Waals surface area contributed by atoms with E-state index in [2.05, 4.69) is 31.1 Å². The topological polar surface area (TPSA) is 72.5 Å². The van der Waals surface area contributed by atoms with Gasteiger partial charge in [-0.2, -0.15) is 9.38 Å². The molecule has 104 valence electrons. The van der Waals surface area contributed by atoms with Gasteiger partial charge >= 0.3 is 5.82 Å². The van der Waals surface area contributed by atoms with Crippen molar-refractivity contribution in [1.82, 2.24) is 14.7 Å². The summed E-state index contributed by atoms with van der Waals surface area (Å²) in [6.45, 7) is 6.33. The van der Waals surface area contributed by atoms with Crippen LogP contribution >= 0.6 is 11.3 Å². The van der Waals surface area contributed by atoms with Crippen molar-refractivity contribution >= 4 is 22.1 Å². The van der Waals surface area contributed by atoms with Crippen molar-refractivity contribution in [3.8, 4) is 0 Å². The molecule has 0 aromatic carbocycles. The second kappa shape index (κ2) is 4.90. The minimum atomic E-state index is -0.350. The van der Waals surface area contributed by atoms with Gasteiger partial charge < -0.3 is 15.4 Å². The number of thiazole rings is 1. The maximum absolute atomic E-state index is 11.2. The van der Waals surface area contributed by atoms with Crippen molar-refractivity contribution in [2.24, 2.45) is 5.41 Å². The molecule has 2 aromatic heterocycles. The Morgan fingerprint density at radius 3 is 2.79 bits per heavy atom. The molecule has 2 rings (SSSR count). The molecule has 0 aliphatic heterocycles. The molecule has 1 atom stereocenters. The summed E-state index contributed by atoms with van der Waals surface area (Å²) >= 11 is 1.41. The smallest absolute Gasteiger partial charge is 0.351 e. The van der Waals surface area contributed by atoms with Gasteiger partial charge in [0, 0.05) is 17.8 Å². The van der Waals surface area contributed by atoms with Crippen molar-refractivity contribution in [3.05, 3.63) is 27.4 Å². The third kappa shape index (κ3) is 2.62. The average molecular weight is 282 g/mol. The van der Waals surface area contributed by atoms with Crippen LogP contribution in [0, 0.1) is 15.5 Å². The lowest BCUT2D eigenvalue weighted by molar-refractivity contribution is -0.391. The molecule has 2 aromatic rings. The van der Waals surface area contributed by atoms with Crippen LogP contribution in [0.1, 0.15) is 26.5 Å². The Balaban J connectivity index is 2.42. The zero-order valence-electron chi connectivity index (χ0n) is 11.5. The molecular weight excluding hydrogens is 264 g/mol. The van der Waals surface area contributed by atoms with E-state index in [1.807, 2.05) is 7.05 Å². The van der Waals surface area contributed by atoms with Crippen LogP contribution in [-0.2, 0) is 6.42 Å². The maximum Gasteiger partial charge on any atom is 0.351 e. The largest absolute Gasteiger partial charge is 0.358 e. The van der Waals surface area contributed by atoms with E-state index in [1.54, 1.807) is 16.0 Å². The minimum Gasteiger partial charge on any atom is -0.358 e. The lowest BCUT2D eigenvalue weighted by Gasteiger charge is -2.29. The average Bonchev–Trinajstić information content (AvgIpc) is 2.82. The number of aromatic nitrogens is 2. The highest BCUT2D eigenvalue weighted by Crippen LogP contribution is 2.28. The molecule has 0 saturated carbocycles. The van der Waals surface area contributed by atoms with Crippen LogP contribution < -0.4 is 5.32 Å². The zero-order valence-corrected chi connectivity index (χ0v) is 12.3. The van der Waals surface area contributed by atoms with Crippen LogP contribution in [0.4, 0.5) is 5.82 Å². The van der Waals surface area contributed by atoms with Gasteiger partial charge in [-0.15, -0.1) is 0 Å². The first-order valence-electron chi connectivity index (χ1n) is 6.10. The van der Waals surface area contributed by atoms with Gasteiger partial charge in [0.1, 0.15) is 11.9 Å². The molecule has 7 heteroatoms. The van der Waals surface area contributed by atoms with Crippen LogP contribution in [0.2, 0.25) is 0 Å². The van der Waals surface area contributed by atoms with Gasteiger partial charge in [0.15, 0.2) is 0 Å². The first-order chi connectivity index (χ1) is 8.84. The van der Waals surface area contributed by atoms with Crippen molar-refractivity contribution in [1.29, 1.82) is 0 Å². The van der Waals surface area contributed by atoms with Crippen LogP contribution in [0.5, 0.6) is 0 Å². The number of nitrogens with zero attached hydrogens (tertiary/aromatic N) is 3. The van der Waals surface area contributed by atoms with Gasteiger partial charge in [0.2, 0.25) is 0 Å². The van der Waals surface area contributed by atoms with Gasteiger partial charge in [-0.25, -0.2) is 0 Å². The number of hydrogen-bond donors (Lipinski definition) is 1. The quantitative estimate of drug-likeness (QED) is 0.690. The lowest BCUT2D eigenvalue weighted by Crippen LogP contribution is -2.40. The molecule has 0 fully saturated rings. The highest BCUT2D eigenvalue weighted by atomic mass is 32.1. The fourth-order valence-electron chi connectivity index (χ4n) is 2.18. The summed E-state index contributed by atoms with van der Waals surface area (Å²) in [5.74, 6) is 0.0840.